The number of ether oxygens (including phenoxy) is 1. The molecule has 1 heterocycles. The summed E-state index contributed by atoms with van der Waals surface area (Å²) in [5.41, 5.74) is 0.391. The van der Waals surface area contributed by atoms with Gasteiger partial charge in [-0.25, -0.2) is 4.79 Å². The summed E-state index contributed by atoms with van der Waals surface area (Å²) in [7, 11) is 1.56. The van der Waals surface area contributed by atoms with E-state index in [1.54, 1.807) is 44.3 Å². The minimum absolute atomic E-state index is 0.0716. The quantitative estimate of drug-likeness (QED) is 0.343. The second-order valence-electron chi connectivity index (χ2n) is 6.25. The van der Waals surface area contributed by atoms with Crippen molar-refractivity contribution in [3.63, 3.8) is 0 Å². The largest absolute Gasteiger partial charge is 0.444 e. The van der Waals surface area contributed by atoms with Crippen LogP contribution in [0.3, 0.4) is 0 Å². The fourth-order valence-electron chi connectivity index (χ4n) is 2.72. The summed E-state index contributed by atoms with van der Waals surface area (Å²) in [4.78, 5) is 36.1. The Morgan fingerprint density at radius 2 is 1.90 bits per heavy atom. The third kappa shape index (κ3) is 4.61. The molecule has 2 aromatic carbocycles. The molecule has 3 aromatic rings. The summed E-state index contributed by atoms with van der Waals surface area (Å²) in [6, 6.07) is 13.6. The van der Waals surface area contributed by atoms with Gasteiger partial charge in [0.25, 0.3) is 11.6 Å². The van der Waals surface area contributed by atoms with Crippen LogP contribution in [0.4, 0.5) is 17.2 Å². The summed E-state index contributed by atoms with van der Waals surface area (Å²) < 4.78 is 10.4. The molecule has 0 saturated carbocycles. The lowest BCUT2D eigenvalue weighted by Gasteiger charge is -2.18. The first-order chi connectivity index (χ1) is 14.4. The number of aromatic nitrogens is 1. The second kappa shape index (κ2) is 8.86. The van der Waals surface area contributed by atoms with Crippen molar-refractivity contribution in [2.45, 2.75) is 13.0 Å². The standard InChI is InChI=1S/C20H18N4O6/c1-12-10-17(23-30-12)22-19(25)18(13-6-4-3-5-7-13)29-20(26)15-11-14(24(27)28)8-9-16(15)21-2/h3-11,18,21H,1-2H3,(H,22,23,25)/t18-/m1/s1. The molecule has 1 amide bonds. The number of hydrogen-bond donors (Lipinski definition) is 2. The molecule has 0 saturated heterocycles. The molecule has 3 rings (SSSR count). The fourth-order valence-corrected chi connectivity index (χ4v) is 2.72. The predicted molar refractivity (Wildman–Crippen MR) is 107 cm³/mol. The number of non-ortho nitro benzene ring substituents is 1. The molecule has 2 N–H and O–H groups in total. The van der Waals surface area contributed by atoms with Gasteiger partial charge in [-0.1, -0.05) is 35.5 Å². The monoisotopic (exact) mass is 410 g/mol. The maximum absolute atomic E-state index is 12.8. The van der Waals surface area contributed by atoms with E-state index in [9.17, 15) is 19.7 Å². The van der Waals surface area contributed by atoms with Gasteiger partial charge in [-0.15, -0.1) is 0 Å². The molecular formula is C20H18N4O6. The molecule has 30 heavy (non-hydrogen) atoms. The topological polar surface area (TPSA) is 137 Å². The lowest BCUT2D eigenvalue weighted by atomic mass is 10.1. The Balaban J connectivity index is 1.91. The molecule has 0 aliphatic carbocycles. The van der Waals surface area contributed by atoms with Gasteiger partial charge in [0.05, 0.1) is 10.5 Å². The Morgan fingerprint density at radius 3 is 2.50 bits per heavy atom. The van der Waals surface area contributed by atoms with Crippen molar-refractivity contribution in [1.82, 2.24) is 5.16 Å². The van der Waals surface area contributed by atoms with Crippen LogP contribution < -0.4 is 10.6 Å². The van der Waals surface area contributed by atoms with Gasteiger partial charge in [0.15, 0.2) is 5.82 Å². The molecule has 0 radical (unpaired) electrons. The highest BCUT2D eigenvalue weighted by atomic mass is 16.6. The maximum Gasteiger partial charge on any atom is 0.341 e. The molecule has 10 heteroatoms. The molecule has 0 fully saturated rings. The second-order valence-corrected chi connectivity index (χ2v) is 6.25. The van der Waals surface area contributed by atoms with Crippen LogP contribution in [0.15, 0.2) is 59.1 Å². The predicted octanol–water partition coefficient (Wildman–Crippen LogP) is 3.47. The normalized spacial score (nSPS) is 11.4. The molecule has 0 bridgehead atoms. The average Bonchev–Trinajstić information content (AvgIpc) is 3.16. The van der Waals surface area contributed by atoms with E-state index in [2.05, 4.69) is 15.8 Å². The van der Waals surface area contributed by atoms with Crippen LogP contribution in [0.25, 0.3) is 0 Å². The van der Waals surface area contributed by atoms with Gasteiger partial charge in [0, 0.05) is 36.5 Å². The smallest absolute Gasteiger partial charge is 0.341 e. The first-order valence-electron chi connectivity index (χ1n) is 8.85. The fraction of sp³-hybridized carbons (Fsp3) is 0.150. The number of hydrogen-bond acceptors (Lipinski definition) is 8. The van der Waals surface area contributed by atoms with E-state index in [1.165, 1.54) is 18.2 Å². The van der Waals surface area contributed by atoms with E-state index < -0.39 is 22.9 Å². The molecule has 0 spiro atoms. The van der Waals surface area contributed by atoms with Gasteiger partial charge >= 0.3 is 5.97 Å². The SMILES string of the molecule is CNc1ccc([N+](=O)[O-])cc1C(=O)O[C@@H](C(=O)Nc1cc(C)on1)c1ccccc1. The van der Waals surface area contributed by atoms with E-state index in [1.807, 2.05) is 0 Å². The molecule has 0 unspecified atom stereocenters. The van der Waals surface area contributed by atoms with Crippen molar-refractivity contribution in [1.29, 1.82) is 0 Å². The summed E-state index contributed by atoms with van der Waals surface area (Å²) >= 11 is 0. The highest BCUT2D eigenvalue weighted by Gasteiger charge is 2.28. The molecule has 154 valence electrons. The highest BCUT2D eigenvalue weighted by Crippen LogP contribution is 2.26. The third-order valence-corrected chi connectivity index (χ3v) is 4.15. The number of anilines is 2. The molecular weight excluding hydrogens is 392 g/mol. The van der Waals surface area contributed by atoms with Gasteiger partial charge in [0.2, 0.25) is 6.10 Å². The van der Waals surface area contributed by atoms with E-state index in [-0.39, 0.29) is 17.1 Å². The van der Waals surface area contributed by atoms with Crippen molar-refractivity contribution < 1.29 is 23.8 Å². The third-order valence-electron chi connectivity index (χ3n) is 4.15. The number of amides is 1. The summed E-state index contributed by atoms with van der Waals surface area (Å²) in [6.45, 7) is 1.67. The average molecular weight is 410 g/mol. The zero-order chi connectivity index (χ0) is 21.7. The zero-order valence-corrected chi connectivity index (χ0v) is 16.1. The molecule has 1 aromatic heterocycles. The Hall–Kier alpha value is -4.21. The van der Waals surface area contributed by atoms with Crippen LogP contribution >= 0.6 is 0 Å². The Labute approximate surface area is 171 Å². The number of benzene rings is 2. The number of carbonyl (C=O) groups excluding carboxylic acids is 2. The van der Waals surface area contributed by atoms with Crippen molar-refractivity contribution >= 4 is 29.1 Å². The summed E-state index contributed by atoms with van der Waals surface area (Å²) in [6.07, 6.45) is -1.32. The first kappa shape index (κ1) is 20.5. The number of nitrogens with one attached hydrogen (secondary N) is 2. The van der Waals surface area contributed by atoms with Crippen LogP contribution in [-0.2, 0) is 9.53 Å². The van der Waals surface area contributed by atoms with Gasteiger partial charge in [-0.3, -0.25) is 14.9 Å². The Morgan fingerprint density at radius 1 is 1.17 bits per heavy atom. The lowest BCUT2D eigenvalue weighted by Crippen LogP contribution is -2.26. The van der Waals surface area contributed by atoms with Crippen LogP contribution in [0.1, 0.15) is 27.8 Å². The van der Waals surface area contributed by atoms with Gasteiger partial charge < -0.3 is 19.9 Å². The Kier molecular flexibility index (Phi) is 6.06. The van der Waals surface area contributed by atoms with Crippen LogP contribution in [0, 0.1) is 17.0 Å². The molecule has 0 aliphatic rings. The summed E-state index contributed by atoms with van der Waals surface area (Å²) in [5.74, 6) is -0.891. The summed E-state index contributed by atoms with van der Waals surface area (Å²) in [5, 5.41) is 20.1. The lowest BCUT2D eigenvalue weighted by molar-refractivity contribution is -0.384. The minimum Gasteiger partial charge on any atom is -0.444 e. The van der Waals surface area contributed by atoms with Crippen molar-refractivity contribution in [3.05, 3.63) is 81.6 Å². The van der Waals surface area contributed by atoms with E-state index in [0.29, 0.717) is 17.0 Å². The van der Waals surface area contributed by atoms with E-state index >= 15 is 0 Å². The van der Waals surface area contributed by atoms with Crippen molar-refractivity contribution in [2.24, 2.45) is 0 Å². The zero-order valence-electron chi connectivity index (χ0n) is 16.1. The van der Waals surface area contributed by atoms with Gasteiger partial charge in [0.1, 0.15) is 5.76 Å². The van der Waals surface area contributed by atoms with E-state index in [0.717, 1.165) is 6.07 Å². The molecule has 0 aliphatic heterocycles. The van der Waals surface area contributed by atoms with Crippen LogP contribution in [0.2, 0.25) is 0 Å². The van der Waals surface area contributed by atoms with Crippen LogP contribution in [-0.4, -0.2) is 29.0 Å². The molecule has 1 atom stereocenters. The van der Waals surface area contributed by atoms with Crippen molar-refractivity contribution in [3.8, 4) is 0 Å². The van der Waals surface area contributed by atoms with Crippen molar-refractivity contribution in [2.75, 3.05) is 17.7 Å². The number of rotatable bonds is 7. The minimum atomic E-state index is -1.32. The number of nitro groups is 1. The van der Waals surface area contributed by atoms with Gasteiger partial charge in [-0.05, 0) is 13.0 Å². The number of carbonyl (C=O) groups is 2. The number of nitro benzene ring substituents is 1. The Bertz CT molecular complexity index is 1080. The maximum atomic E-state index is 12.8. The highest BCUT2D eigenvalue weighted by molar-refractivity contribution is 6.00. The first-order valence-corrected chi connectivity index (χ1v) is 8.85. The van der Waals surface area contributed by atoms with Crippen LogP contribution in [0.5, 0.6) is 0 Å². The molecule has 10 nitrogen and oxygen atoms in total. The number of esters is 1. The number of aryl methyl sites for hydroxylation is 1. The van der Waals surface area contributed by atoms with Gasteiger partial charge in [-0.2, -0.15) is 0 Å². The van der Waals surface area contributed by atoms with E-state index in [4.69, 9.17) is 9.26 Å². The number of nitrogens with zero attached hydrogens (tertiary/aromatic N) is 2.